The number of aryl methyl sites for hydroxylation is 1. The smallest absolute Gasteiger partial charge is 0.390 e. The van der Waals surface area contributed by atoms with Gasteiger partial charge in [-0.15, -0.1) is 0 Å². The van der Waals surface area contributed by atoms with E-state index in [4.69, 9.17) is 0 Å². The van der Waals surface area contributed by atoms with E-state index in [9.17, 15) is 18.3 Å². The Balaban J connectivity index is 2.38. The fourth-order valence-electron chi connectivity index (χ4n) is 3.28. The van der Waals surface area contributed by atoms with E-state index in [-0.39, 0.29) is 12.8 Å². The van der Waals surface area contributed by atoms with Crippen molar-refractivity contribution in [3.63, 3.8) is 0 Å². The molecule has 0 saturated carbocycles. The summed E-state index contributed by atoms with van der Waals surface area (Å²) in [5, 5.41) is 10.6. The molecular weight excluding hydrogens is 325 g/mol. The maximum atomic E-state index is 12.9. The van der Waals surface area contributed by atoms with Gasteiger partial charge >= 0.3 is 6.18 Å². The zero-order valence-corrected chi connectivity index (χ0v) is 15.5. The lowest BCUT2D eigenvalue weighted by Gasteiger charge is -2.29. The third kappa shape index (κ3) is 11.2. The van der Waals surface area contributed by atoms with Gasteiger partial charge in [-0.2, -0.15) is 13.2 Å². The van der Waals surface area contributed by atoms with Gasteiger partial charge in [0.25, 0.3) is 0 Å². The summed E-state index contributed by atoms with van der Waals surface area (Å²) < 4.78 is 38.6. The second kappa shape index (κ2) is 11.6. The standard InChI is InChI=1S/C21H33F3O/c1-2-3-4-5-6-7-8-12-16-20(25,18-21(22,23)24)17-15-19-13-10-9-11-14-19/h9-11,13-14,25H,2-8,12,15-18H2,1H3. The van der Waals surface area contributed by atoms with Gasteiger partial charge in [0.05, 0.1) is 12.0 Å². The van der Waals surface area contributed by atoms with Crippen molar-refractivity contribution in [1.29, 1.82) is 0 Å². The van der Waals surface area contributed by atoms with Crippen molar-refractivity contribution in [2.75, 3.05) is 0 Å². The van der Waals surface area contributed by atoms with E-state index in [1.165, 1.54) is 25.7 Å². The summed E-state index contributed by atoms with van der Waals surface area (Å²) in [6, 6.07) is 9.41. The molecule has 144 valence electrons. The zero-order chi connectivity index (χ0) is 18.6. The lowest BCUT2D eigenvalue weighted by atomic mass is 9.86. The van der Waals surface area contributed by atoms with Crippen LogP contribution in [0, 0.1) is 0 Å². The third-order valence-electron chi connectivity index (χ3n) is 4.75. The molecule has 0 heterocycles. The molecule has 0 aromatic heterocycles. The van der Waals surface area contributed by atoms with E-state index in [1.54, 1.807) is 0 Å². The molecule has 4 heteroatoms. The van der Waals surface area contributed by atoms with Crippen LogP contribution in [0.2, 0.25) is 0 Å². The number of halogens is 3. The maximum absolute atomic E-state index is 12.9. The predicted octanol–water partition coefficient (Wildman–Crippen LogP) is 6.83. The van der Waals surface area contributed by atoms with E-state index in [0.29, 0.717) is 12.8 Å². The Morgan fingerprint density at radius 3 is 1.92 bits per heavy atom. The first-order chi connectivity index (χ1) is 11.8. The molecule has 1 N–H and O–H groups in total. The molecule has 0 spiro atoms. The summed E-state index contributed by atoms with van der Waals surface area (Å²) in [6.07, 6.45) is 4.09. The summed E-state index contributed by atoms with van der Waals surface area (Å²) in [4.78, 5) is 0. The maximum Gasteiger partial charge on any atom is 0.391 e. The van der Waals surface area contributed by atoms with Crippen LogP contribution in [-0.2, 0) is 6.42 Å². The lowest BCUT2D eigenvalue weighted by molar-refractivity contribution is -0.179. The molecule has 1 unspecified atom stereocenters. The average Bonchev–Trinajstić information content (AvgIpc) is 2.55. The third-order valence-corrected chi connectivity index (χ3v) is 4.75. The molecule has 0 amide bonds. The molecule has 0 radical (unpaired) electrons. The van der Waals surface area contributed by atoms with Gasteiger partial charge in [0.15, 0.2) is 0 Å². The van der Waals surface area contributed by atoms with Gasteiger partial charge < -0.3 is 5.11 Å². The van der Waals surface area contributed by atoms with Crippen LogP contribution in [0.15, 0.2) is 30.3 Å². The minimum absolute atomic E-state index is 0.160. The van der Waals surface area contributed by atoms with Crippen LogP contribution < -0.4 is 0 Å². The summed E-state index contributed by atoms with van der Waals surface area (Å²) >= 11 is 0. The molecule has 1 rings (SSSR count). The molecule has 0 aliphatic carbocycles. The van der Waals surface area contributed by atoms with Crippen LogP contribution in [0.5, 0.6) is 0 Å². The SMILES string of the molecule is CCCCCCCCCCC(O)(CCc1ccccc1)CC(F)(F)F. The Morgan fingerprint density at radius 1 is 0.800 bits per heavy atom. The van der Waals surface area contributed by atoms with E-state index in [0.717, 1.165) is 24.8 Å². The molecule has 0 fully saturated rings. The van der Waals surface area contributed by atoms with E-state index >= 15 is 0 Å². The number of hydrogen-bond donors (Lipinski definition) is 1. The van der Waals surface area contributed by atoms with Gasteiger partial charge in [-0.05, 0) is 24.8 Å². The monoisotopic (exact) mass is 358 g/mol. The zero-order valence-electron chi connectivity index (χ0n) is 15.5. The van der Waals surface area contributed by atoms with Gasteiger partial charge in [-0.1, -0.05) is 88.6 Å². The van der Waals surface area contributed by atoms with Crippen molar-refractivity contribution in [2.24, 2.45) is 0 Å². The highest BCUT2D eigenvalue weighted by Gasteiger charge is 2.40. The van der Waals surface area contributed by atoms with Gasteiger partial charge in [0.2, 0.25) is 0 Å². The lowest BCUT2D eigenvalue weighted by Crippen LogP contribution is -2.35. The normalized spacial score (nSPS) is 14.4. The molecular formula is C21H33F3O. The number of benzene rings is 1. The van der Waals surface area contributed by atoms with Crippen LogP contribution >= 0.6 is 0 Å². The molecule has 0 saturated heterocycles. The van der Waals surface area contributed by atoms with Crippen LogP contribution in [0.1, 0.15) is 83.1 Å². The highest BCUT2D eigenvalue weighted by atomic mass is 19.4. The molecule has 1 aromatic rings. The summed E-state index contributed by atoms with van der Waals surface area (Å²) in [5.41, 5.74) is -0.671. The highest BCUT2D eigenvalue weighted by molar-refractivity contribution is 5.15. The van der Waals surface area contributed by atoms with Crippen molar-refractivity contribution < 1.29 is 18.3 Å². The van der Waals surface area contributed by atoms with Gasteiger partial charge in [0, 0.05) is 0 Å². The van der Waals surface area contributed by atoms with Crippen molar-refractivity contribution >= 4 is 0 Å². The van der Waals surface area contributed by atoms with Crippen LogP contribution in [0.4, 0.5) is 13.2 Å². The molecule has 0 aliphatic rings. The second-order valence-corrected chi connectivity index (χ2v) is 7.23. The molecule has 0 bridgehead atoms. The van der Waals surface area contributed by atoms with E-state index in [2.05, 4.69) is 6.92 Å². The fourth-order valence-corrected chi connectivity index (χ4v) is 3.28. The van der Waals surface area contributed by atoms with Crippen LogP contribution in [0.25, 0.3) is 0 Å². The number of aliphatic hydroxyl groups is 1. The van der Waals surface area contributed by atoms with Gasteiger partial charge in [0.1, 0.15) is 0 Å². The molecule has 1 nitrogen and oxygen atoms in total. The topological polar surface area (TPSA) is 20.2 Å². The van der Waals surface area contributed by atoms with Crippen molar-refractivity contribution in [2.45, 2.75) is 95.8 Å². The largest absolute Gasteiger partial charge is 0.391 e. The molecule has 1 atom stereocenters. The minimum atomic E-state index is -4.33. The van der Waals surface area contributed by atoms with Crippen LogP contribution in [-0.4, -0.2) is 16.9 Å². The quantitative estimate of drug-likeness (QED) is 0.383. The van der Waals surface area contributed by atoms with E-state index in [1.807, 2.05) is 30.3 Å². The highest BCUT2D eigenvalue weighted by Crippen LogP contribution is 2.34. The Bertz CT molecular complexity index is 444. The van der Waals surface area contributed by atoms with Crippen molar-refractivity contribution in [3.05, 3.63) is 35.9 Å². The van der Waals surface area contributed by atoms with Crippen molar-refractivity contribution in [3.8, 4) is 0 Å². The second-order valence-electron chi connectivity index (χ2n) is 7.23. The first-order valence-electron chi connectivity index (χ1n) is 9.68. The number of hydrogen-bond acceptors (Lipinski definition) is 1. The molecule has 0 aliphatic heterocycles. The Kier molecular flexibility index (Phi) is 10.2. The first-order valence-corrected chi connectivity index (χ1v) is 9.68. The Labute approximate surface area is 150 Å². The number of alkyl halides is 3. The predicted molar refractivity (Wildman–Crippen MR) is 97.6 cm³/mol. The summed E-state index contributed by atoms with van der Waals surface area (Å²) in [5.74, 6) is 0. The Morgan fingerprint density at radius 2 is 1.36 bits per heavy atom. The minimum Gasteiger partial charge on any atom is -0.390 e. The molecule has 1 aromatic carbocycles. The average molecular weight is 358 g/mol. The Hall–Kier alpha value is -1.03. The number of unbranched alkanes of at least 4 members (excludes halogenated alkanes) is 7. The summed E-state index contributed by atoms with van der Waals surface area (Å²) in [6.45, 7) is 2.18. The summed E-state index contributed by atoms with van der Waals surface area (Å²) in [7, 11) is 0. The first kappa shape index (κ1) is 22.0. The van der Waals surface area contributed by atoms with Crippen molar-refractivity contribution in [1.82, 2.24) is 0 Å². The number of rotatable bonds is 13. The van der Waals surface area contributed by atoms with Gasteiger partial charge in [-0.25, -0.2) is 0 Å². The molecule has 25 heavy (non-hydrogen) atoms. The van der Waals surface area contributed by atoms with Crippen LogP contribution in [0.3, 0.4) is 0 Å². The fraction of sp³-hybridized carbons (Fsp3) is 0.714. The van der Waals surface area contributed by atoms with Gasteiger partial charge in [-0.3, -0.25) is 0 Å². The van der Waals surface area contributed by atoms with E-state index < -0.39 is 18.2 Å².